The third-order valence-corrected chi connectivity index (χ3v) is 1.54. The lowest BCUT2D eigenvalue weighted by Crippen LogP contribution is -1.86. The van der Waals surface area contributed by atoms with Crippen LogP contribution in [-0.4, -0.2) is 10.2 Å². The minimum absolute atomic E-state index is 0.0671. The Morgan fingerprint density at radius 3 is 2.15 bits per heavy atom. The van der Waals surface area contributed by atoms with E-state index in [2.05, 4.69) is 6.58 Å². The summed E-state index contributed by atoms with van der Waals surface area (Å²) in [6, 6.07) is 5.04. The topological polar surface area (TPSA) is 40.5 Å². The van der Waals surface area contributed by atoms with Crippen LogP contribution >= 0.6 is 0 Å². The molecule has 2 nitrogen and oxygen atoms in total. The van der Waals surface area contributed by atoms with Crippen LogP contribution in [0.15, 0.2) is 24.8 Å². The molecule has 0 atom stereocenters. The molecule has 0 aliphatic heterocycles. The van der Waals surface area contributed by atoms with Crippen LogP contribution in [0.4, 0.5) is 0 Å². The maximum absolute atomic E-state index is 9.24. The van der Waals surface area contributed by atoms with Gasteiger partial charge in [-0.2, -0.15) is 0 Å². The maximum Gasteiger partial charge on any atom is 0.126 e. The number of aliphatic hydroxyl groups is 1. The monoisotopic (exact) mass is 180 g/mol. The molecule has 0 radical (unpaired) electrons. The summed E-state index contributed by atoms with van der Waals surface area (Å²) in [5, 5.41) is 18.3. The molecule has 1 rings (SSSR count). The Hall–Kier alpha value is -1.44. The molecule has 2 N–H and O–H groups in total. The van der Waals surface area contributed by atoms with E-state index in [1.807, 2.05) is 13.8 Å². The molecule has 13 heavy (non-hydrogen) atoms. The van der Waals surface area contributed by atoms with Gasteiger partial charge in [0, 0.05) is 0 Å². The second-order valence-electron chi connectivity index (χ2n) is 2.42. The van der Waals surface area contributed by atoms with Crippen molar-refractivity contribution in [3.05, 3.63) is 35.9 Å². The molecule has 0 spiro atoms. The molecule has 0 fully saturated rings. The van der Waals surface area contributed by atoms with Crippen molar-refractivity contribution in [2.24, 2.45) is 0 Å². The van der Waals surface area contributed by atoms with E-state index in [0.717, 1.165) is 5.56 Å². The molecule has 0 saturated carbocycles. The number of aryl methyl sites for hydroxylation is 1. The van der Waals surface area contributed by atoms with Gasteiger partial charge in [0.05, 0.1) is 5.56 Å². The van der Waals surface area contributed by atoms with Crippen molar-refractivity contribution in [1.82, 2.24) is 0 Å². The van der Waals surface area contributed by atoms with Crippen molar-refractivity contribution in [2.75, 3.05) is 0 Å². The number of phenols is 1. The smallest absolute Gasteiger partial charge is 0.126 e. The number of benzene rings is 1. The number of rotatable bonds is 1. The Labute approximate surface area is 79.2 Å². The van der Waals surface area contributed by atoms with E-state index in [0.29, 0.717) is 5.56 Å². The third-order valence-electron chi connectivity index (χ3n) is 1.54. The summed E-state index contributed by atoms with van der Waals surface area (Å²) in [4.78, 5) is 0. The van der Waals surface area contributed by atoms with Crippen LogP contribution in [0.1, 0.15) is 25.0 Å². The number of phenolic OH excluding ortho intramolecular Hbond substituents is 1. The summed E-state index contributed by atoms with van der Waals surface area (Å²) < 4.78 is 0. The Morgan fingerprint density at radius 1 is 1.31 bits per heavy atom. The van der Waals surface area contributed by atoms with Crippen LogP contribution in [0.2, 0.25) is 0 Å². The highest BCUT2D eigenvalue weighted by Crippen LogP contribution is 2.25. The molecular formula is C11H16O2. The van der Waals surface area contributed by atoms with E-state index in [9.17, 15) is 5.11 Å². The molecular weight excluding hydrogens is 164 g/mol. The SMILES string of the molecule is C=C(O)c1c(C)cccc1O.CC. The summed E-state index contributed by atoms with van der Waals surface area (Å²) >= 11 is 0. The maximum atomic E-state index is 9.24. The molecule has 0 amide bonds. The van der Waals surface area contributed by atoms with Crippen molar-refractivity contribution < 1.29 is 10.2 Å². The van der Waals surface area contributed by atoms with E-state index in [1.54, 1.807) is 19.1 Å². The van der Waals surface area contributed by atoms with E-state index < -0.39 is 0 Å². The summed E-state index contributed by atoms with van der Waals surface area (Å²) in [7, 11) is 0. The van der Waals surface area contributed by atoms with Crippen LogP contribution in [0.3, 0.4) is 0 Å². The highest BCUT2D eigenvalue weighted by molar-refractivity contribution is 5.65. The molecule has 0 aliphatic carbocycles. The van der Waals surface area contributed by atoms with Crippen LogP contribution in [0.5, 0.6) is 5.75 Å². The van der Waals surface area contributed by atoms with E-state index in [-0.39, 0.29) is 11.5 Å². The second-order valence-corrected chi connectivity index (χ2v) is 2.42. The van der Waals surface area contributed by atoms with Crippen LogP contribution in [-0.2, 0) is 0 Å². The van der Waals surface area contributed by atoms with Gasteiger partial charge in [-0.1, -0.05) is 32.6 Å². The second kappa shape index (κ2) is 5.25. The van der Waals surface area contributed by atoms with E-state index >= 15 is 0 Å². The molecule has 0 saturated heterocycles. The first-order valence-electron chi connectivity index (χ1n) is 4.29. The zero-order chi connectivity index (χ0) is 10.4. The van der Waals surface area contributed by atoms with Gasteiger partial charge in [-0.25, -0.2) is 0 Å². The molecule has 0 aliphatic rings. The molecule has 1 aromatic carbocycles. The third kappa shape index (κ3) is 2.82. The number of aliphatic hydroxyl groups excluding tert-OH is 1. The molecule has 0 bridgehead atoms. The highest BCUT2D eigenvalue weighted by Gasteiger charge is 2.05. The first kappa shape index (κ1) is 11.6. The lowest BCUT2D eigenvalue weighted by Gasteiger charge is -2.04. The van der Waals surface area contributed by atoms with Gasteiger partial charge < -0.3 is 10.2 Å². The van der Waals surface area contributed by atoms with Gasteiger partial charge in [-0.15, -0.1) is 0 Å². The molecule has 0 aromatic heterocycles. The summed E-state index contributed by atoms with van der Waals surface area (Å²) in [6.45, 7) is 9.14. The summed E-state index contributed by atoms with van der Waals surface area (Å²) in [6.07, 6.45) is 0. The Balaban J connectivity index is 0.000000671. The average molecular weight is 180 g/mol. The highest BCUT2D eigenvalue weighted by atomic mass is 16.3. The molecule has 0 unspecified atom stereocenters. The number of aromatic hydroxyl groups is 1. The standard InChI is InChI=1S/C9H10O2.C2H6/c1-6-4-3-5-8(11)9(6)7(2)10;1-2/h3-5,10-11H,2H2,1H3;1-2H3. The minimum atomic E-state index is -0.0967. The zero-order valence-electron chi connectivity index (χ0n) is 8.33. The average Bonchev–Trinajstić information content (AvgIpc) is 2.07. The summed E-state index contributed by atoms with van der Waals surface area (Å²) in [5.41, 5.74) is 1.24. The molecule has 1 aromatic rings. The Bertz CT molecular complexity index is 270. The molecule has 72 valence electrons. The van der Waals surface area contributed by atoms with E-state index in [4.69, 9.17) is 5.11 Å². The number of hydrogen-bond donors (Lipinski definition) is 2. The van der Waals surface area contributed by atoms with Crippen LogP contribution < -0.4 is 0 Å². The fourth-order valence-corrected chi connectivity index (χ4v) is 1.03. The van der Waals surface area contributed by atoms with Gasteiger partial charge in [0.2, 0.25) is 0 Å². The lowest BCUT2D eigenvalue weighted by molar-refractivity contribution is 0.460. The van der Waals surface area contributed by atoms with Crippen molar-refractivity contribution in [2.45, 2.75) is 20.8 Å². The predicted molar refractivity (Wildman–Crippen MR) is 55.9 cm³/mol. The van der Waals surface area contributed by atoms with Gasteiger partial charge in [0.25, 0.3) is 0 Å². The number of hydrogen-bond acceptors (Lipinski definition) is 2. The van der Waals surface area contributed by atoms with Crippen molar-refractivity contribution in [3.63, 3.8) is 0 Å². The lowest BCUT2D eigenvalue weighted by atomic mass is 10.1. The first-order chi connectivity index (χ1) is 6.13. The quantitative estimate of drug-likeness (QED) is 0.651. The van der Waals surface area contributed by atoms with Crippen molar-refractivity contribution in [1.29, 1.82) is 0 Å². The van der Waals surface area contributed by atoms with Crippen LogP contribution in [0.25, 0.3) is 5.76 Å². The van der Waals surface area contributed by atoms with Gasteiger partial charge in [0.15, 0.2) is 0 Å². The van der Waals surface area contributed by atoms with Gasteiger partial charge in [0.1, 0.15) is 11.5 Å². The normalized spacial score (nSPS) is 8.54. The minimum Gasteiger partial charge on any atom is -0.508 e. The van der Waals surface area contributed by atoms with Gasteiger partial charge in [-0.3, -0.25) is 0 Å². The fraction of sp³-hybridized carbons (Fsp3) is 0.273. The molecule has 0 heterocycles. The van der Waals surface area contributed by atoms with Crippen molar-refractivity contribution in [3.8, 4) is 5.75 Å². The van der Waals surface area contributed by atoms with Crippen molar-refractivity contribution >= 4 is 5.76 Å². The fourth-order valence-electron chi connectivity index (χ4n) is 1.03. The first-order valence-corrected chi connectivity index (χ1v) is 4.29. The van der Waals surface area contributed by atoms with Crippen LogP contribution in [0, 0.1) is 6.92 Å². The largest absolute Gasteiger partial charge is 0.508 e. The Morgan fingerprint density at radius 2 is 1.85 bits per heavy atom. The summed E-state index contributed by atoms with van der Waals surface area (Å²) in [5.74, 6) is -0.0295. The van der Waals surface area contributed by atoms with Gasteiger partial charge >= 0.3 is 0 Å². The van der Waals surface area contributed by atoms with Gasteiger partial charge in [-0.05, 0) is 18.6 Å². The zero-order valence-corrected chi connectivity index (χ0v) is 8.33. The van der Waals surface area contributed by atoms with E-state index in [1.165, 1.54) is 6.07 Å². The predicted octanol–water partition coefficient (Wildman–Crippen LogP) is 3.26. The Kier molecular flexibility index (Phi) is 4.67. The molecule has 2 heteroatoms.